The number of anilines is 1. The fraction of sp³-hybridized carbons (Fsp3) is 0.316. The molecule has 0 heterocycles. The van der Waals surface area contributed by atoms with E-state index in [-0.39, 0.29) is 35.6 Å². The van der Waals surface area contributed by atoms with E-state index < -0.39 is 9.84 Å². The minimum absolute atomic E-state index is 0. The van der Waals surface area contributed by atoms with Crippen molar-refractivity contribution in [2.24, 2.45) is 0 Å². The molecule has 8 heteroatoms. The number of rotatable bonds is 9. The summed E-state index contributed by atoms with van der Waals surface area (Å²) in [5.41, 5.74) is 2.12. The lowest BCUT2D eigenvalue weighted by molar-refractivity contribution is 0.102. The van der Waals surface area contributed by atoms with E-state index >= 15 is 0 Å². The van der Waals surface area contributed by atoms with Gasteiger partial charge < -0.3 is 15.4 Å². The summed E-state index contributed by atoms with van der Waals surface area (Å²) in [6, 6.07) is 13.5. The normalized spacial score (nSPS) is 10.9. The Bertz CT molecular complexity index is 839. The van der Waals surface area contributed by atoms with E-state index in [4.69, 9.17) is 4.74 Å². The molecule has 0 atom stereocenters. The molecule has 0 radical (unpaired) electrons. The zero-order valence-corrected chi connectivity index (χ0v) is 17.0. The molecule has 0 aromatic heterocycles. The van der Waals surface area contributed by atoms with E-state index in [1.54, 1.807) is 0 Å². The first-order valence-electron chi connectivity index (χ1n) is 8.39. The molecule has 0 bridgehead atoms. The van der Waals surface area contributed by atoms with Gasteiger partial charge in [-0.25, -0.2) is 8.42 Å². The van der Waals surface area contributed by atoms with Crippen LogP contribution in [0, 0.1) is 0 Å². The van der Waals surface area contributed by atoms with E-state index in [1.165, 1.54) is 31.4 Å². The number of para-hydroxylation sites is 1. The Morgan fingerprint density at radius 2 is 1.74 bits per heavy atom. The number of ether oxygens (including phenoxy) is 1. The standard InChI is InChI=1S/C19H24N2O4S.ClH/c1-3-20-14-16-6-4-5-7-18(16)21-19(22)15-8-10-17(11-9-15)26(23,24)13-12-25-2;/h4-11,20H,3,12-14H2,1-2H3,(H,21,22);1H. The fourth-order valence-electron chi connectivity index (χ4n) is 2.38. The lowest BCUT2D eigenvalue weighted by Gasteiger charge is -2.12. The number of carbonyl (C=O) groups excluding carboxylic acids is 1. The third kappa shape index (κ3) is 6.62. The van der Waals surface area contributed by atoms with Gasteiger partial charge >= 0.3 is 0 Å². The molecule has 0 saturated heterocycles. The number of halogens is 1. The van der Waals surface area contributed by atoms with Crippen molar-refractivity contribution < 1.29 is 17.9 Å². The van der Waals surface area contributed by atoms with Crippen LogP contribution in [-0.2, 0) is 21.1 Å². The predicted molar refractivity (Wildman–Crippen MR) is 109 cm³/mol. The number of carbonyl (C=O) groups is 1. The lowest BCUT2D eigenvalue weighted by atomic mass is 10.1. The minimum atomic E-state index is -3.41. The summed E-state index contributed by atoms with van der Waals surface area (Å²) in [5.74, 6) is -0.373. The van der Waals surface area contributed by atoms with Gasteiger partial charge in [0.15, 0.2) is 9.84 Å². The third-order valence-corrected chi connectivity index (χ3v) is 5.56. The van der Waals surface area contributed by atoms with Crippen molar-refractivity contribution in [3.63, 3.8) is 0 Å². The zero-order chi connectivity index (χ0) is 19.0. The zero-order valence-electron chi connectivity index (χ0n) is 15.4. The number of amides is 1. The van der Waals surface area contributed by atoms with Gasteiger partial charge in [0, 0.05) is 24.9 Å². The number of hydrogen-bond donors (Lipinski definition) is 2. The van der Waals surface area contributed by atoms with Crippen molar-refractivity contribution in [2.75, 3.05) is 31.3 Å². The van der Waals surface area contributed by atoms with Crippen LogP contribution in [0.5, 0.6) is 0 Å². The van der Waals surface area contributed by atoms with Crippen LogP contribution in [0.3, 0.4) is 0 Å². The summed E-state index contributed by atoms with van der Waals surface area (Å²) in [5, 5.41) is 6.11. The smallest absolute Gasteiger partial charge is 0.255 e. The molecule has 0 spiro atoms. The molecule has 0 unspecified atom stereocenters. The second kappa shape index (κ2) is 11.0. The van der Waals surface area contributed by atoms with Gasteiger partial charge in [0.2, 0.25) is 0 Å². The highest BCUT2D eigenvalue weighted by Gasteiger charge is 2.15. The number of hydrogen-bond acceptors (Lipinski definition) is 5. The number of nitrogens with one attached hydrogen (secondary N) is 2. The Balaban J connectivity index is 0.00000364. The van der Waals surface area contributed by atoms with Crippen molar-refractivity contribution in [2.45, 2.75) is 18.4 Å². The second-order valence-corrected chi connectivity index (χ2v) is 7.84. The first-order valence-corrected chi connectivity index (χ1v) is 10.0. The summed E-state index contributed by atoms with van der Waals surface area (Å²) >= 11 is 0. The summed E-state index contributed by atoms with van der Waals surface area (Å²) < 4.78 is 29.1. The molecule has 0 aliphatic carbocycles. The van der Waals surface area contributed by atoms with Crippen molar-refractivity contribution in [3.8, 4) is 0 Å². The Hall–Kier alpha value is -1.93. The van der Waals surface area contributed by atoms with Gasteiger partial charge in [-0.2, -0.15) is 0 Å². The maximum Gasteiger partial charge on any atom is 0.255 e. The molecular formula is C19H25ClN2O4S. The first-order chi connectivity index (χ1) is 12.5. The summed E-state index contributed by atoms with van der Waals surface area (Å²) in [7, 11) is -1.95. The highest BCUT2D eigenvalue weighted by molar-refractivity contribution is 7.91. The molecule has 0 aliphatic rings. The predicted octanol–water partition coefficient (Wildman–Crippen LogP) is 2.89. The first kappa shape index (κ1) is 23.1. The second-order valence-electron chi connectivity index (χ2n) is 5.73. The van der Waals surface area contributed by atoms with E-state index in [2.05, 4.69) is 10.6 Å². The Morgan fingerprint density at radius 3 is 2.37 bits per heavy atom. The quantitative estimate of drug-likeness (QED) is 0.661. The van der Waals surface area contributed by atoms with E-state index in [1.807, 2.05) is 31.2 Å². The molecule has 0 fully saturated rings. The topological polar surface area (TPSA) is 84.5 Å². The Labute approximate surface area is 166 Å². The van der Waals surface area contributed by atoms with Gasteiger partial charge in [-0.3, -0.25) is 4.79 Å². The van der Waals surface area contributed by atoms with Crippen molar-refractivity contribution in [3.05, 3.63) is 59.7 Å². The van der Waals surface area contributed by atoms with Crippen LogP contribution in [0.25, 0.3) is 0 Å². The molecular weight excluding hydrogens is 388 g/mol. The molecule has 0 saturated carbocycles. The lowest BCUT2D eigenvalue weighted by Crippen LogP contribution is -2.17. The van der Waals surface area contributed by atoms with Gasteiger partial charge in [-0.1, -0.05) is 25.1 Å². The SMILES string of the molecule is CCNCc1ccccc1NC(=O)c1ccc(S(=O)(=O)CCOC)cc1.Cl. The van der Waals surface area contributed by atoms with Gasteiger partial charge in [-0.15, -0.1) is 12.4 Å². The molecule has 148 valence electrons. The largest absolute Gasteiger partial charge is 0.384 e. The highest BCUT2D eigenvalue weighted by atomic mass is 35.5. The number of methoxy groups -OCH3 is 1. The number of sulfone groups is 1. The van der Waals surface area contributed by atoms with Gasteiger partial charge in [0.1, 0.15) is 0 Å². The minimum Gasteiger partial charge on any atom is -0.384 e. The van der Waals surface area contributed by atoms with Gasteiger partial charge in [-0.05, 0) is 42.4 Å². The van der Waals surface area contributed by atoms with Crippen LogP contribution in [0.1, 0.15) is 22.8 Å². The third-order valence-electron chi connectivity index (χ3n) is 3.86. The van der Waals surface area contributed by atoms with Crippen LogP contribution in [0.2, 0.25) is 0 Å². The average molecular weight is 413 g/mol. The molecule has 2 rings (SSSR count). The fourth-order valence-corrected chi connectivity index (χ4v) is 3.55. The number of benzene rings is 2. The monoisotopic (exact) mass is 412 g/mol. The molecule has 27 heavy (non-hydrogen) atoms. The summed E-state index contributed by atoms with van der Waals surface area (Å²) in [6.07, 6.45) is 0. The van der Waals surface area contributed by atoms with Crippen LogP contribution in [-0.4, -0.2) is 40.3 Å². The summed E-state index contributed by atoms with van der Waals surface area (Å²) in [4.78, 5) is 12.7. The van der Waals surface area contributed by atoms with E-state index in [0.717, 1.165) is 17.8 Å². The molecule has 2 N–H and O–H groups in total. The molecule has 0 aliphatic heterocycles. The van der Waals surface area contributed by atoms with Crippen LogP contribution in [0.15, 0.2) is 53.4 Å². The molecule has 1 amide bonds. The van der Waals surface area contributed by atoms with Crippen molar-refractivity contribution in [1.29, 1.82) is 0 Å². The van der Waals surface area contributed by atoms with E-state index in [9.17, 15) is 13.2 Å². The van der Waals surface area contributed by atoms with Crippen LogP contribution >= 0.6 is 12.4 Å². The molecule has 2 aromatic rings. The van der Waals surface area contributed by atoms with Gasteiger partial charge in [0.25, 0.3) is 5.91 Å². The maximum absolute atomic E-state index is 12.5. The molecule has 6 nitrogen and oxygen atoms in total. The maximum atomic E-state index is 12.5. The van der Waals surface area contributed by atoms with E-state index in [0.29, 0.717) is 12.1 Å². The Morgan fingerprint density at radius 1 is 1.07 bits per heavy atom. The van der Waals surface area contributed by atoms with Crippen molar-refractivity contribution >= 4 is 33.8 Å². The van der Waals surface area contributed by atoms with Gasteiger partial charge in [0.05, 0.1) is 17.3 Å². The Kier molecular flexibility index (Phi) is 9.45. The van der Waals surface area contributed by atoms with Crippen molar-refractivity contribution in [1.82, 2.24) is 5.32 Å². The highest BCUT2D eigenvalue weighted by Crippen LogP contribution is 2.17. The van der Waals surface area contributed by atoms with Crippen LogP contribution < -0.4 is 10.6 Å². The molecule has 2 aromatic carbocycles. The van der Waals surface area contributed by atoms with Crippen LogP contribution in [0.4, 0.5) is 5.69 Å². The summed E-state index contributed by atoms with van der Waals surface area (Å²) in [6.45, 7) is 3.64. The average Bonchev–Trinajstić information content (AvgIpc) is 2.66.